The molecule has 0 N–H and O–H groups in total. The van der Waals surface area contributed by atoms with E-state index in [2.05, 4.69) is 25.8 Å². The minimum atomic E-state index is -0.0723. The van der Waals surface area contributed by atoms with E-state index in [4.69, 9.17) is 14.6 Å². The molecule has 1 saturated heterocycles. The van der Waals surface area contributed by atoms with Crippen LogP contribution in [0.25, 0.3) is 5.65 Å². The Bertz CT molecular complexity index is 1100. The van der Waals surface area contributed by atoms with Crippen LogP contribution in [-0.2, 0) is 10.2 Å². The van der Waals surface area contributed by atoms with Gasteiger partial charge in [0.1, 0.15) is 0 Å². The van der Waals surface area contributed by atoms with Gasteiger partial charge in [0, 0.05) is 24.2 Å². The molecule has 1 aliphatic rings. The van der Waals surface area contributed by atoms with Gasteiger partial charge in [0.25, 0.3) is 5.91 Å². The molecule has 0 bridgehead atoms. The van der Waals surface area contributed by atoms with Crippen LogP contribution in [0.3, 0.4) is 0 Å². The highest BCUT2D eigenvalue weighted by Gasteiger charge is 2.32. The molecule has 3 aromatic rings. The summed E-state index contributed by atoms with van der Waals surface area (Å²) in [5, 5.41) is 4.82. The van der Waals surface area contributed by atoms with Crippen molar-refractivity contribution in [3.63, 3.8) is 0 Å². The van der Waals surface area contributed by atoms with E-state index in [9.17, 15) is 4.79 Å². The summed E-state index contributed by atoms with van der Waals surface area (Å²) in [6.45, 7) is 9.07. The van der Waals surface area contributed by atoms with Gasteiger partial charge in [0.15, 0.2) is 23.8 Å². The summed E-state index contributed by atoms with van der Waals surface area (Å²) < 4.78 is 13.1. The maximum atomic E-state index is 13.1. The molecule has 1 aliphatic heterocycles. The fourth-order valence-electron chi connectivity index (χ4n) is 4.02. The average molecular weight is 423 g/mol. The van der Waals surface area contributed by atoms with Gasteiger partial charge >= 0.3 is 0 Å². The normalized spacial score (nSPS) is 16.7. The Morgan fingerprint density at radius 2 is 2.00 bits per heavy atom. The fraction of sp³-hybridized carbons (Fsp3) is 0.458. The number of likely N-dealkylation sites (tertiary alicyclic amines) is 1. The van der Waals surface area contributed by atoms with E-state index >= 15 is 0 Å². The number of hydrogen-bond acceptors (Lipinski definition) is 5. The number of carbonyl (C=O) groups excluding carboxylic acids is 1. The second kappa shape index (κ2) is 8.21. The van der Waals surface area contributed by atoms with E-state index < -0.39 is 0 Å². The SMILES string of the molecule is COc1cc(C)ccc1OCC(=O)N1CCC[C@@H]1c1ccnc2cc(C(C)(C)C)nn12. The number of benzene rings is 1. The zero-order chi connectivity index (χ0) is 22.2. The van der Waals surface area contributed by atoms with E-state index in [-0.39, 0.29) is 24.0 Å². The van der Waals surface area contributed by atoms with Gasteiger partial charge < -0.3 is 14.4 Å². The van der Waals surface area contributed by atoms with Crippen molar-refractivity contribution in [3.05, 3.63) is 53.5 Å². The number of hydrogen-bond donors (Lipinski definition) is 0. The first-order valence-corrected chi connectivity index (χ1v) is 10.7. The van der Waals surface area contributed by atoms with Crippen molar-refractivity contribution in [1.29, 1.82) is 0 Å². The van der Waals surface area contributed by atoms with Crippen LogP contribution in [0.2, 0.25) is 0 Å². The predicted octanol–water partition coefficient (Wildman–Crippen LogP) is 4.09. The van der Waals surface area contributed by atoms with Crippen LogP contribution in [0.4, 0.5) is 0 Å². The number of aromatic nitrogens is 3. The van der Waals surface area contributed by atoms with Crippen molar-refractivity contribution >= 4 is 11.6 Å². The van der Waals surface area contributed by atoms with Crippen LogP contribution < -0.4 is 9.47 Å². The Kier molecular flexibility index (Phi) is 5.60. The quantitative estimate of drug-likeness (QED) is 0.620. The van der Waals surface area contributed by atoms with E-state index in [0.717, 1.165) is 35.4 Å². The Hall–Kier alpha value is -3.09. The fourth-order valence-corrected chi connectivity index (χ4v) is 4.02. The summed E-state index contributed by atoms with van der Waals surface area (Å²) in [5.74, 6) is 1.16. The third-order valence-electron chi connectivity index (χ3n) is 5.74. The van der Waals surface area contributed by atoms with Gasteiger partial charge in [-0.25, -0.2) is 9.50 Å². The van der Waals surface area contributed by atoms with Crippen LogP contribution in [0.5, 0.6) is 11.5 Å². The molecule has 164 valence electrons. The zero-order valence-electron chi connectivity index (χ0n) is 18.9. The lowest BCUT2D eigenvalue weighted by molar-refractivity contribution is -0.134. The van der Waals surface area contributed by atoms with Crippen LogP contribution in [0.15, 0.2) is 36.5 Å². The number of rotatable bonds is 5. The molecular weight excluding hydrogens is 392 g/mol. The summed E-state index contributed by atoms with van der Waals surface area (Å²) in [7, 11) is 1.60. The third kappa shape index (κ3) is 4.22. The number of methoxy groups -OCH3 is 1. The van der Waals surface area contributed by atoms with Crippen LogP contribution >= 0.6 is 0 Å². The number of amides is 1. The molecule has 2 aromatic heterocycles. The first-order chi connectivity index (χ1) is 14.8. The third-order valence-corrected chi connectivity index (χ3v) is 5.74. The maximum absolute atomic E-state index is 13.1. The number of fused-ring (bicyclic) bond motifs is 1. The van der Waals surface area contributed by atoms with Gasteiger partial charge in [-0.2, -0.15) is 5.10 Å². The van der Waals surface area contributed by atoms with Crippen molar-refractivity contribution in [2.24, 2.45) is 0 Å². The highest BCUT2D eigenvalue weighted by molar-refractivity contribution is 5.78. The standard InChI is InChI=1S/C24H30N4O3/c1-16-8-9-19(20(13-16)30-5)31-15-23(29)27-12-6-7-17(27)18-10-11-25-22-14-21(24(2,3)4)26-28(18)22/h8-11,13-14,17H,6-7,12,15H2,1-5H3/t17-/m1/s1. The molecule has 31 heavy (non-hydrogen) atoms. The lowest BCUT2D eigenvalue weighted by Crippen LogP contribution is -2.35. The second-order valence-corrected chi connectivity index (χ2v) is 9.11. The molecule has 0 spiro atoms. The molecule has 0 unspecified atom stereocenters. The molecule has 7 nitrogen and oxygen atoms in total. The van der Waals surface area contributed by atoms with Crippen molar-refractivity contribution in [2.45, 2.75) is 52.0 Å². The summed E-state index contributed by atoms with van der Waals surface area (Å²) >= 11 is 0. The Labute approximate surface area is 183 Å². The van der Waals surface area contributed by atoms with E-state index in [1.807, 2.05) is 46.7 Å². The zero-order valence-corrected chi connectivity index (χ0v) is 18.9. The Morgan fingerprint density at radius 3 is 2.74 bits per heavy atom. The molecule has 1 amide bonds. The molecule has 3 heterocycles. The van der Waals surface area contributed by atoms with Crippen molar-refractivity contribution in [3.8, 4) is 11.5 Å². The molecule has 1 aromatic carbocycles. The van der Waals surface area contributed by atoms with Crippen LogP contribution in [0, 0.1) is 6.92 Å². The minimum absolute atomic E-state index is 0.0313. The van der Waals surface area contributed by atoms with E-state index in [0.29, 0.717) is 18.0 Å². The summed E-state index contributed by atoms with van der Waals surface area (Å²) in [6, 6.07) is 9.63. The Morgan fingerprint density at radius 1 is 1.19 bits per heavy atom. The number of ether oxygens (including phenoxy) is 2. The summed E-state index contributed by atoms with van der Waals surface area (Å²) in [4.78, 5) is 19.5. The van der Waals surface area contributed by atoms with Crippen molar-refractivity contribution < 1.29 is 14.3 Å². The van der Waals surface area contributed by atoms with E-state index in [1.54, 1.807) is 13.3 Å². The highest BCUT2D eigenvalue weighted by Crippen LogP contribution is 2.33. The average Bonchev–Trinajstić information content (AvgIpc) is 3.39. The van der Waals surface area contributed by atoms with Crippen molar-refractivity contribution in [2.75, 3.05) is 20.3 Å². The summed E-state index contributed by atoms with van der Waals surface area (Å²) in [6.07, 6.45) is 3.64. The smallest absolute Gasteiger partial charge is 0.261 e. The molecular formula is C24H30N4O3. The molecule has 1 fully saturated rings. The molecule has 0 saturated carbocycles. The van der Waals surface area contributed by atoms with Gasteiger partial charge in [-0.05, 0) is 43.5 Å². The predicted molar refractivity (Wildman–Crippen MR) is 119 cm³/mol. The number of nitrogens with zero attached hydrogens (tertiary/aromatic N) is 4. The topological polar surface area (TPSA) is 69.0 Å². The monoisotopic (exact) mass is 422 g/mol. The lowest BCUT2D eigenvalue weighted by atomic mass is 9.93. The number of aryl methyl sites for hydroxylation is 1. The van der Waals surface area contributed by atoms with Gasteiger partial charge in [-0.15, -0.1) is 0 Å². The number of carbonyl (C=O) groups is 1. The summed E-state index contributed by atoms with van der Waals surface area (Å²) in [5.41, 5.74) is 3.78. The molecule has 4 rings (SSSR count). The lowest BCUT2D eigenvalue weighted by Gasteiger charge is -2.25. The largest absolute Gasteiger partial charge is 0.493 e. The van der Waals surface area contributed by atoms with Gasteiger partial charge in [0.2, 0.25) is 0 Å². The second-order valence-electron chi connectivity index (χ2n) is 9.11. The maximum Gasteiger partial charge on any atom is 0.261 e. The molecule has 7 heteroatoms. The Balaban J connectivity index is 1.55. The minimum Gasteiger partial charge on any atom is -0.493 e. The van der Waals surface area contributed by atoms with Crippen LogP contribution in [0.1, 0.15) is 56.6 Å². The van der Waals surface area contributed by atoms with Crippen LogP contribution in [-0.4, -0.2) is 45.7 Å². The molecule has 0 aliphatic carbocycles. The van der Waals surface area contributed by atoms with Gasteiger partial charge in [-0.3, -0.25) is 4.79 Å². The molecule has 0 radical (unpaired) electrons. The van der Waals surface area contributed by atoms with Gasteiger partial charge in [0.05, 0.1) is 24.5 Å². The van der Waals surface area contributed by atoms with E-state index in [1.165, 1.54) is 0 Å². The van der Waals surface area contributed by atoms with Crippen molar-refractivity contribution in [1.82, 2.24) is 19.5 Å². The van der Waals surface area contributed by atoms with Gasteiger partial charge in [-0.1, -0.05) is 26.8 Å². The molecule has 1 atom stereocenters. The first kappa shape index (κ1) is 21.2. The highest BCUT2D eigenvalue weighted by atomic mass is 16.5. The first-order valence-electron chi connectivity index (χ1n) is 10.7.